The van der Waals surface area contributed by atoms with Crippen molar-refractivity contribution >= 4 is 26.7 Å². The fourth-order valence-corrected chi connectivity index (χ4v) is 3.35. The van der Waals surface area contributed by atoms with Crippen LogP contribution in [0.25, 0.3) is 10.8 Å². The average Bonchev–Trinajstić information content (AvgIpc) is 2.82. The van der Waals surface area contributed by atoms with Crippen LogP contribution >= 0.6 is 0 Å². The van der Waals surface area contributed by atoms with E-state index in [0.717, 1.165) is 23.8 Å². The van der Waals surface area contributed by atoms with E-state index >= 15 is 0 Å². The van der Waals surface area contributed by atoms with Gasteiger partial charge in [-0.2, -0.15) is 0 Å². The number of benzene rings is 3. The predicted octanol–water partition coefficient (Wildman–Crippen LogP) is 4.30. The molecule has 2 N–H and O–H groups in total. The molecule has 0 aliphatic carbocycles. The number of fused-ring (bicyclic) bond motifs is 1. The summed E-state index contributed by atoms with van der Waals surface area (Å²) in [6.07, 6.45) is 2.42. The molecule has 0 aromatic heterocycles. The Bertz CT molecular complexity index is 1200. The van der Waals surface area contributed by atoms with Gasteiger partial charge in [-0.15, -0.1) is 0 Å². The monoisotopic (exact) mass is 500 g/mol. The minimum Gasteiger partial charge on any atom is -0.493 e. The van der Waals surface area contributed by atoms with Crippen LogP contribution in [0.5, 0.6) is 11.5 Å². The standard InChI is InChI=1S/C25H29NO3.C2H7NO2S/c1-18(2)15-25(27)26-14-13-19-11-12-23(24(16-19)28-3)29-17-21-9-6-8-20-7-4-5-10-22(20)21;1-3-6(2,4)5/h4-12,16,18H,13-15,17H2,1-3H3,(H,26,27);3H,1-2H3. The van der Waals surface area contributed by atoms with Crippen LogP contribution in [0.3, 0.4) is 0 Å². The Kier molecular flexibility index (Phi) is 11.0. The van der Waals surface area contributed by atoms with Crippen LogP contribution in [-0.4, -0.2) is 41.3 Å². The molecule has 3 aromatic carbocycles. The third kappa shape index (κ3) is 9.96. The second-order valence-electron chi connectivity index (χ2n) is 8.59. The molecule has 0 atom stereocenters. The van der Waals surface area contributed by atoms with Crippen LogP contribution in [0, 0.1) is 5.92 Å². The largest absolute Gasteiger partial charge is 0.493 e. The van der Waals surface area contributed by atoms with Gasteiger partial charge in [-0.1, -0.05) is 62.4 Å². The quantitative estimate of drug-likeness (QED) is 0.433. The number of hydrogen-bond acceptors (Lipinski definition) is 5. The molecule has 0 heterocycles. The SMILES string of the molecule is CNS(C)(=O)=O.COc1cc(CCNC(=O)CC(C)C)ccc1OCc1cccc2ccccc12. The highest BCUT2D eigenvalue weighted by Crippen LogP contribution is 2.30. The van der Waals surface area contributed by atoms with Gasteiger partial charge >= 0.3 is 0 Å². The third-order valence-electron chi connectivity index (χ3n) is 5.19. The second-order valence-corrected chi connectivity index (χ2v) is 10.5. The molecule has 0 spiro atoms. The number of ether oxygens (including phenoxy) is 2. The molecule has 7 nitrogen and oxygen atoms in total. The average molecular weight is 501 g/mol. The maximum Gasteiger partial charge on any atom is 0.220 e. The third-order valence-corrected chi connectivity index (χ3v) is 5.93. The van der Waals surface area contributed by atoms with E-state index in [0.29, 0.717) is 37.0 Å². The summed E-state index contributed by atoms with van der Waals surface area (Å²) < 4.78 is 33.5. The van der Waals surface area contributed by atoms with Crippen molar-refractivity contribution in [2.75, 3.05) is 27.0 Å². The maximum atomic E-state index is 11.8. The van der Waals surface area contributed by atoms with Crippen molar-refractivity contribution in [3.8, 4) is 11.5 Å². The Morgan fingerprint density at radius 3 is 2.34 bits per heavy atom. The first-order valence-electron chi connectivity index (χ1n) is 11.5. The van der Waals surface area contributed by atoms with Gasteiger partial charge in [0.1, 0.15) is 6.61 Å². The van der Waals surface area contributed by atoms with E-state index in [2.05, 4.69) is 40.4 Å². The molecule has 3 aromatic rings. The molecule has 35 heavy (non-hydrogen) atoms. The smallest absolute Gasteiger partial charge is 0.220 e. The lowest BCUT2D eigenvalue weighted by atomic mass is 10.1. The summed E-state index contributed by atoms with van der Waals surface area (Å²) in [7, 11) is 0.105. The highest BCUT2D eigenvalue weighted by molar-refractivity contribution is 7.88. The summed E-state index contributed by atoms with van der Waals surface area (Å²) in [5.74, 6) is 1.89. The van der Waals surface area contributed by atoms with Crippen molar-refractivity contribution in [3.63, 3.8) is 0 Å². The molecule has 1 amide bonds. The molecule has 0 aliphatic rings. The summed E-state index contributed by atoms with van der Waals surface area (Å²) in [6.45, 7) is 5.18. The van der Waals surface area contributed by atoms with E-state index in [4.69, 9.17) is 9.47 Å². The van der Waals surface area contributed by atoms with Crippen LogP contribution < -0.4 is 19.5 Å². The van der Waals surface area contributed by atoms with E-state index in [1.54, 1.807) is 7.11 Å². The molecule has 0 saturated carbocycles. The molecule has 0 saturated heterocycles. The highest BCUT2D eigenvalue weighted by atomic mass is 32.2. The van der Waals surface area contributed by atoms with E-state index in [9.17, 15) is 13.2 Å². The molecule has 0 radical (unpaired) electrons. The van der Waals surface area contributed by atoms with Gasteiger partial charge in [0.2, 0.25) is 15.9 Å². The second kappa shape index (κ2) is 13.7. The van der Waals surface area contributed by atoms with E-state index in [1.165, 1.54) is 17.8 Å². The fourth-order valence-electron chi connectivity index (χ4n) is 3.35. The topological polar surface area (TPSA) is 93.7 Å². The first-order chi connectivity index (χ1) is 16.6. The molecule has 190 valence electrons. The Morgan fingerprint density at radius 1 is 1.00 bits per heavy atom. The first kappa shape index (κ1) is 28.1. The summed E-state index contributed by atoms with van der Waals surface area (Å²) in [6, 6.07) is 20.5. The number of sulfonamides is 1. The number of methoxy groups -OCH3 is 1. The molecule has 3 rings (SSSR count). The van der Waals surface area contributed by atoms with Crippen LogP contribution in [0.15, 0.2) is 60.7 Å². The van der Waals surface area contributed by atoms with Crippen molar-refractivity contribution in [1.82, 2.24) is 10.0 Å². The Morgan fingerprint density at radius 2 is 1.69 bits per heavy atom. The number of nitrogens with one attached hydrogen (secondary N) is 2. The van der Waals surface area contributed by atoms with Gasteiger partial charge in [-0.05, 0) is 53.4 Å². The van der Waals surface area contributed by atoms with Crippen molar-refractivity contribution in [3.05, 3.63) is 71.8 Å². The van der Waals surface area contributed by atoms with Crippen LogP contribution in [-0.2, 0) is 27.8 Å². The van der Waals surface area contributed by atoms with E-state index in [-0.39, 0.29) is 5.91 Å². The lowest BCUT2D eigenvalue weighted by molar-refractivity contribution is -0.121. The Balaban J connectivity index is 0.000000641. The molecule has 0 fully saturated rings. The van der Waals surface area contributed by atoms with Gasteiger partial charge in [0.25, 0.3) is 0 Å². The zero-order chi connectivity index (χ0) is 25.8. The number of carbonyl (C=O) groups is 1. The van der Waals surface area contributed by atoms with Crippen molar-refractivity contribution < 1.29 is 22.7 Å². The van der Waals surface area contributed by atoms with Crippen molar-refractivity contribution in [1.29, 1.82) is 0 Å². The number of carbonyl (C=O) groups excluding carboxylic acids is 1. The van der Waals surface area contributed by atoms with Crippen LogP contribution in [0.1, 0.15) is 31.4 Å². The number of hydrogen-bond donors (Lipinski definition) is 2. The molecular weight excluding hydrogens is 464 g/mol. The van der Waals surface area contributed by atoms with E-state index in [1.807, 2.05) is 44.2 Å². The minimum absolute atomic E-state index is 0.0991. The summed E-state index contributed by atoms with van der Waals surface area (Å²) in [4.78, 5) is 11.8. The van der Waals surface area contributed by atoms with E-state index < -0.39 is 10.0 Å². The van der Waals surface area contributed by atoms with Gasteiger partial charge in [0.15, 0.2) is 11.5 Å². The van der Waals surface area contributed by atoms with Gasteiger partial charge in [0, 0.05) is 13.0 Å². The number of amides is 1. The summed E-state index contributed by atoms with van der Waals surface area (Å²) in [5, 5.41) is 5.37. The van der Waals surface area contributed by atoms with Gasteiger partial charge < -0.3 is 14.8 Å². The molecular formula is C27H36N2O5S. The number of rotatable bonds is 10. The summed E-state index contributed by atoms with van der Waals surface area (Å²) in [5.41, 5.74) is 2.24. The molecule has 8 heteroatoms. The Hall–Kier alpha value is -3.10. The maximum absolute atomic E-state index is 11.8. The fraction of sp³-hybridized carbons (Fsp3) is 0.370. The lowest BCUT2D eigenvalue weighted by Crippen LogP contribution is -2.26. The van der Waals surface area contributed by atoms with Gasteiger partial charge in [0.05, 0.1) is 13.4 Å². The molecule has 0 aliphatic heterocycles. The van der Waals surface area contributed by atoms with Gasteiger partial charge in [-0.25, -0.2) is 13.1 Å². The first-order valence-corrected chi connectivity index (χ1v) is 13.4. The zero-order valence-corrected chi connectivity index (χ0v) is 21.9. The minimum atomic E-state index is -2.91. The predicted molar refractivity (Wildman–Crippen MR) is 141 cm³/mol. The normalized spacial score (nSPS) is 11.0. The highest BCUT2D eigenvalue weighted by Gasteiger charge is 2.09. The Labute approximate surface area is 208 Å². The zero-order valence-electron chi connectivity index (χ0n) is 21.1. The molecule has 0 unspecified atom stereocenters. The van der Waals surface area contributed by atoms with Crippen LogP contribution in [0.2, 0.25) is 0 Å². The van der Waals surface area contributed by atoms with Crippen molar-refractivity contribution in [2.45, 2.75) is 33.3 Å². The summed E-state index contributed by atoms with van der Waals surface area (Å²) >= 11 is 0. The van der Waals surface area contributed by atoms with Gasteiger partial charge in [-0.3, -0.25) is 4.79 Å². The van der Waals surface area contributed by atoms with Crippen LogP contribution in [0.4, 0.5) is 0 Å². The molecule has 0 bridgehead atoms. The lowest BCUT2D eigenvalue weighted by Gasteiger charge is -2.14. The van der Waals surface area contributed by atoms with Crippen molar-refractivity contribution in [2.24, 2.45) is 5.92 Å².